The van der Waals surface area contributed by atoms with Crippen molar-refractivity contribution in [3.63, 3.8) is 0 Å². The standard InChI is InChI=1S/C25H31N5O3S/c1-18-4-3-9-28-24(18)21-14-20(5-6-22(21)31)17-29-12-7-25(15-19(29)2)8-13-34(32,33)30(25)23-16-26-10-11-27-23/h3-6,9-11,14,16,19,31-33H,7-8,12-13,15,17H2,1-2H3/t19-,25-/m0/s1. The molecule has 8 nitrogen and oxygen atoms in total. The number of aryl methyl sites for hydroxylation is 1. The Bertz CT molecular complexity index is 1180. The summed E-state index contributed by atoms with van der Waals surface area (Å²) in [6.45, 7) is 5.77. The highest BCUT2D eigenvalue weighted by Gasteiger charge is 2.53. The summed E-state index contributed by atoms with van der Waals surface area (Å²) in [6.07, 6.45) is 8.91. The third-order valence-corrected chi connectivity index (χ3v) is 9.11. The van der Waals surface area contributed by atoms with Crippen LogP contribution in [0.3, 0.4) is 0 Å². The molecule has 0 aliphatic carbocycles. The van der Waals surface area contributed by atoms with Crippen LogP contribution in [0.15, 0.2) is 55.1 Å². The summed E-state index contributed by atoms with van der Waals surface area (Å²) >= 11 is 0. The van der Waals surface area contributed by atoms with Crippen LogP contribution in [0.5, 0.6) is 5.75 Å². The second kappa shape index (κ2) is 8.81. The van der Waals surface area contributed by atoms with Gasteiger partial charge in [0.1, 0.15) is 5.75 Å². The fraction of sp³-hybridized carbons (Fsp3) is 0.400. The number of pyridine rings is 1. The molecule has 180 valence electrons. The summed E-state index contributed by atoms with van der Waals surface area (Å²) < 4.78 is 23.5. The minimum atomic E-state index is -2.92. The molecule has 0 unspecified atom stereocenters. The van der Waals surface area contributed by atoms with Crippen LogP contribution in [0.2, 0.25) is 0 Å². The van der Waals surface area contributed by atoms with Crippen molar-refractivity contribution < 1.29 is 14.2 Å². The van der Waals surface area contributed by atoms with Crippen LogP contribution >= 0.6 is 10.8 Å². The molecule has 1 spiro atoms. The molecule has 0 bridgehead atoms. The maximum atomic E-state index is 10.9. The van der Waals surface area contributed by atoms with E-state index in [1.807, 2.05) is 31.2 Å². The fourth-order valence-corrected chi connectivity index (χ4v) is 7.60. The number of hydrogen-bond acceptors (Lipinski definition) is 8. The van der Waals surface area contributed by atoms with Crippen LogP contribution in [0.4, 0.5) is 5.82 Å². The first-order valence-corrected chi connectivity index (χ1v) is 13.3. The number of hydrogen-bond donors (Lipinski definition) is 3. The number of rotatable bonds is 4. The van der Waals surface area contributed by atoms with E-state index < -0.39 is 10.8 Å². The van der Waals surface area contributed by atoms with E-state index in [1.165, 1.54) is 0 Å². The lowest BCUT2D eigenvalue weighted by Gasteiger charge is -2.51. The number of piperidine rings is 1. The molecule has 3 aromatic rings. The summed E-state index contributed by atoms with van der Waals surface area (Å²) in [5, 5.41) is 10.5. The first-order chi connectivity index (χ1) is 16.3. The van der Waals surface area contributed by atoms with Gasteiger partial charge in [0.25, 0.3) is 0 Å². The Labute approximate surface area is 201 Å². The van der Waals surface area contributed by atoms with Gasteiger partial charge in [0.2, 0.25) is 0 Å². The largest absolute Gasteiger partial charge is 0.507 e. The van der Waals surface area contributed by atoms with E-state index in [4.69, 9.17) is 0 Å². The quantitative estimate of drug-likeness (QED) is 0.486. The van der Waals surface area contributed by atoms with E-state index >= 15 is 0 Å². The van der Waals surface area contributed by atoms with Gasteiger partial charge in [-0.15, -0.1) is 10.8 Å². The Hall–Kier alpha value is -2.72. The van der Waals surface area contributed by atoms with E-state index in [2.05, 4.69) is 26.8 Å². The summed E-state index contributed by atoms with van der Waals surface area (Å²) in [7, 11) is -2.92. The van der Waals surface area contributed by atoms with E-state index in [0.29, 0.717) is 11.6 Å². The molecule has 9 heteroatoms. The maximum absolute atomic E-state index is 10.9. The maximum Gasteiger partial charge on any atom is 0.165 e. The molecule has 2 atom stereocenters. The predicted octanol–water partition coefficient (Wildman–Crippen LogP) is 4.85. The fourth-order valence-electron chi connectivity index (χ4n) is 5.49. The number of anilines is 1. The third kappa shape index (κ3) is 4.13. The second-order valence-electron chi connectivity index (χ2n) is 9.46. The van der Waals surface area contributed by atoms with E-state index in [-0.39, 0.29) is 17.3 Å². The number of phenolic OH excluding ortho intramolecular Hbond substituents is 1. The monoisotopic (exact) mass is 481 g/mol. The zero-order chi connectivity index (χ0) is 23.9. The first-order valence-electron chi connectivity index (χ1n) is 11.6. The molecule has 2 aliphatic heterocycles. The van der Waals surface area contributed by atoms with Crippen LogP contribution in [0, 0.1) is 6.92 Å². The highest BCUT2D eigenvalue weighted by Crippen LogP contribution is 2.60. The average Bonchev–Trinajstić information content (AvgIpc) is 3.07. The number of benzene rings is 1. The molecular formula is C25H31N5O3S. The summed E-state index contributed by atoms with van der Waals surface area (Å²) in [5.74, 6) is 1.13. The highest BCUT2D eigenvalue weighted by molar-refractivity contribution is 8.25. The second-order valence-corrected chi connectivity index (χ2v) is 11.5. The summed E-state index contributed by atoms with van der Waals surface area (Å²) in [5.41, 5.74) is 3.34. The molecular weight excluding hydrogens is 450 g/mol. The van der Waals surface area contributed by atoms with Gasteiger partial charge in [-0.05, 0) is 62.4 Å². The van der Waals surface area contributed by atoms with Crippen molar-refractivity contribution in [3.8, 4) is 17.0 Å². The predicted molar refractivity (Wildman–Crippen MR) is 135 cm³/mol. The first kappa shape index (κ1) is 23.0. The van der Waals surface area contributed by atoms with Gasteiger partial charge in [-0.1, -0.05) is 12.1 Å². The topological polar surface area (TPSA) is 106 Å². The Morgan fingerprint density at radius 3 is 2.71 bits per heavy atom. The van der Waals surface area contributed by atoms with Gasteiger partial charge >= 0.3 is 0 Å². The van der Waals surface area contributed by atoms with E-state index in [9.17, 15) is 14.2 Å². The van der Waals surface area contributed by atoms with Crippen molar-refractivity contribution >= 4 is 16.6 Å². The van der Waals surface area contributed by atoms with Gasteiger partial charge in [-0.25, -0.2) is 9.29 Å². The average molecular weight is 482 g/mol. The molecule has 0 radical (unpaired) electrons. The van der Waals surface area contributed by atoms with Crippen LogP contribution in [-0.2, 0) is 6.54 Å². The SMILES string of the molecule is Cc1cccnc1-c1cc(CN2CC[C@]3(CCS(O)(O)N3c3cnccn3)C[C@@H]2C)ccc1O. The molecule has 5 rings (SSSR count). The number of nitrogens with zero attached hydrogens (tertiary/aromatic N) is 5. The van der Waals surface area contributed by atoms with Crippen LogP contribution in [-0.4, -0.2) is 57.9 Å². The Morgan fingerprint density at radius 1 is 1.12 bits per heavy atom. The Kier molecular flexibility index (Phi) is 5.97. The normalized spacial score (nSPS) is 25.5. The molecule has 2 aliphatic rings. The van der Waals surface area contributed by atoms with Crippen molar-refractivity contribution in [2.75, 3.05) is 16.6 Å². The minimum Gasteiger partial charge on any atom is -0.507 e. The highest BCUT2D eigenvalue weighted by atomic mass is 32.3. The van der Waals surface area contributed by atoms with Gasteiger partial charge in [0, 0.05) is 43.3 Å². The molecule has 34 heavy (non-hydrogen) atoms. The van der Waals surface area contributed by atoms with Crippen molar-refractivity contribution in [2.24, 2.45) is 0 Å². The van der Waals surface area contributed by atoms with Gasteiger partial charge < -0.3 is 5.11 Å². The van der Waals surface area contributed by atoms with Crippen LogP contribution in [0.25, 0.3) is 11.3 Å². The lowest BCUT2D eigenvalue weighted by atomic mass is 9.81. The van der Waals surface area contributed by atoms with Crippen molar-refractivity contribution in [1.82, 2.24) is 19.9 Å². The number of aromatic nitrogens is 3. The molecule has 2 fully saturated rings. The molecule has 3 N–H and O–H groups in total. The molecule has 2 saturated heterocycles. The number of aromatic hydroxyl groups is 1. The summed E-state index contributed by atoms with van der Waals surface area (Å²) in [4.78, 5) is 15.5. The molecule has 0 amide bonds. The number of likely N-dealkylation sites (tertiary alicyclic amines) is 1. The van der Waals surface area contributed by atoms with Crippen LogP contribution < -0.4 is 4.31 Å². The van der Waals surface area contributed by atoms with E-state index in [0.717, 1.165) is 54.7 Å². The van der Waals surface area contributed by atoms with Crippen LogP contribution in [0.1, 0.15) is 37.3 Å². The molecule has 1 aromatic carbocycles. The lowest BCUT2D eigenvalue weighted by Crippen LogP contribution is -2.55. The van der Waals surface area contributed by atoms with Crippen molar-refractivity contribution in [2.45, 2.75) is 51.2 Å². The third-order valence-electron chi connectivity index (χ3n) is 7.20. The van der Waals surface area contributed by atoms with Gasteiger partial charge in [0.15, 0.2) is 5.82 Å². The van der Waals surface area contributed by atoms with Crippen molar-refractivity contribution in [3.05, 3.63) is 66.2 Å². The minimum absolute atomic E-state index is 0.229. The summed E-state index contributed by atoms with van der Waals surface area (Å²) in [6, 6.07) is 9.86. The van der Waals surface area contributed by atoms with Crippen molar-refractivity contribution in [1.29, 1.82) is 0 Å². The lowest BCUT2D eigenvalue weighted by molar-refractivity contribution is 0.102. The van der Waals surface area contributed by atoms with Gasteiger partial charge in [-0.3, -0.25) is 24.0 Å². The smallest absolute Gasteiger partial charge is 0.165 e. The Balaban J connectivity index is 1.36. The Morgan fingerprint density at radius 2 is 1.97 bits per heavy atom. The van der Waals surface area contributed by atoms with Gasteiger partial charge in [0.05, 0.1) is 23.2 Å². The molecule has 4 heterocycles. The molecule has 0 saturated carbocycles. The van der Waals surface area contributed by atoms with Gasteiger partial charge in [-0.2, -0.15) is 0 Å². The zero-order valence-electron chi connectivity index (χ0n) is 19.5. The van der Waals surface area contributed by atoms with E-state index in [1.54, 1.807) is 35.2 Å². The molecule has 2 aromatic heterocycles. The number of phenols is 1. The zero-order valence-corrected chi connectivity index (χ0v) is 20.3.